The molecule has 0 spiro atoms. The number of fused-ring (bicyclic) bond motifs is 1. The summed E-state index contributed by atoms with van der Waals surface area (Å²) in [6, 6.07) is 4.57. The number of rotatable bonds is 1. The first-order chi connectivity index (χ1) is 7.58. The molecule has 5 heteroatoms. The summed E-state index contributed by atoms with van der Waals surface area (Å²) in [6.07, 6.45) is 1.18. The van der Waals surface area contributed by atoms with Crippen LogP contribution < -0.4 is 5.32 Å². The van der Waals surface area contributed by atoms with Gasteiger partial charge in [-0.05, 0) is 24.0 Å². The number of hydrogen-bond donors (Lipinski definition) is 1. The molecule has 1 unspecified atom stereocenters. The Morgan fingerprint density at radius 1 is 1.50 bits per heavy atom. The Balaban J connectivity index is 2.47. The zero-order valence-corrected chi connectivity index (χ0v) is 8.90. The molecule has 0 fully saturated rings. The lowest BCUT2D eigenvalue weighted by Crippen LogP contribution is -2.09. The van der Waals surface area contributed by atoms with Gasteiger partial charge in [-0.25, -0.2) is 0 Å². The van der Waals surface area contributed by atoms with Gasteiger partial charge in [0, 0.05) is 24.2 Å². The predicted octanol–water partition coefficient (Wildman–Crippen LogP) is 2.43. The molecule has 1 aliphatic rings. The number of nitrogens with one attached hydrogen (secondary N) is 1. The Morgan fingerprint density at radius 2 is 2.25 bits per heavy atom. The predicted molar refractivity (Wildman–Crippen MR) is 59.4 cm³/mol. The second kappa shape index (κ2) is 3.92. The Kier molecular flexibility index (Phi) is 2.60. The summed E-state index contributed by atoms with van der Waals surface area (Å²) in [7, 11) is 0. The molecular weight excluding hydrogens is 208 g/mol. The van der Waals surface area contributed by atoms with Gasteiger partial charge in [0.2, 0.25) is 5.91 Å². The number of non-ortho nitro benzene ring substituents is 1. The Morgan fingerprint density at radius 3 is 2.94 bits per heavy atom. The summed E-state index contributed by atoms with van der Waals surface area (Å²) < 4.78 is 0. The standard InChI is InChI=1S/C11H12N2O3/c1-7-2-5-11(14)12-10-4-3-8(13(15)16)6-9(7)10/h3-4,6-7H,2,5H2,1H3,(H,12,14). The van der Waals surface area contributed by atoms with E-state index in [4.69, 9.17) is 0 Å². The van der Waals surface area contributed by atoms with Crippen LogP contribution in [0.2, 0.25) is 0 Å². The lowest BCUT2D eigenvalue weighted by atomic mass is 9.96. The monoisotopic (exact) mass is 220 g/mol. The SMILES string of the molecule is CC1CCC(=O)Nc2ccc([N+](=O)[O-])cc21. The van der Waals surface area contributed by atoms with Gasteiger partial charge >= 0.3 is 0 Å². The summed E-state index contributed by atoms with van der Waals surface area (Å²) in [4.78, 5) is 21.6. The Bertz CT molecular complexity index is 457. The van der Waals surface area contributed by atoms with Gasteiger partial charge in [0.15, 0.2) is 0 Å². The second-order valence-corrected chi connectivity index (χ2v) is 4.02. The van der Waals surface area contributed by atoms with Crippen molar-refractivity contribution in [2.24, 2.45) is 0 Å². The summed E-state index contributed by atoms with van der Waals surface area (Å²) in [6.45, 7) is 1.98. The zero-order valence-electron chi connectivity index (χ0n) is 8.90. The van der Waals surface area contributed by atoms with E-state index < -0.39 is 4.92 Å². The largest absolute Gasteiger partial charge is 0.326 e. The maximum absolute atomic E-state index is 11.4. The van der Waals surface area contributed by atoms with Crippen molar-refractivity contribution >= 4 is 17.3 Å². The van der Waals surface area contributed by atoms with Crippen molar-refractivity contribution in [3.8, 4) is 0 Å². The van der Waals surface area contributed by atoms with E-state index in [1.807, 2.05) is 6.92 Å². The molecule has 84 valence electrons. The van der Waals surface area contributed by atoms with Crippen LogP contribution in [0.4, 0.5) is 11.4 Å². The molecule has 5 nitrogen and oxygen atoms in total. The van der Waals surface area contributed by atoms with Gasteiger partial charge in [-0.2, -0.15) is 0 Å². The van der Waals surface area contributed by atoms with Gasteiger partial charge in [-0.3, -0.25) is 14.9 Å². The summed E-state index contributed by atoms with van der Waals surface area (Å²) in [5, 5.41) is 13.4. The van der Waals surface area contributed by atoms with Crippen molar-refractivity contribution in [1.82, 2.24) is 0 Å². The van der Waals surface area contributed by atoms with Crippen LogP contribution in [-0.2, 0) is 4.79 Å². The highest BCUT2D eigenvalue weighted by atomic mass is 16.6. The van der Waals surface area contributed by atoms with Gasteiger partial charge in [0.05, 0.1) is 4.92 Å². The zero-order chi connectivity index (χ0) is 11.7. The molecule has 1 N–H and O–H groups in total. The van der Waals surface area contributed by atoms with Crippen LogP contribution in [0.15, 0.2) is 18.2 Å². The molecule has 0 bridgehead atoms. The third-order valence-electron chi connectivity index (χ3n) is 2.86. The number of nitro groups is 1. The van der Waals surface area contributed by atoms with Crippen LogP contribution in [0.5, 0.6) is 0 Å². The molecule has 1 aromatic rings. The minimum atomic E-state index is -0.417. The van der Waals surface area contributed by atoms with Crippen LogP contribution in [0, 0.1) is 10.1 Å². The summed E-state index contributed by atoms with van der Waals surface area (Å²) >= 11 is 0. The molecule has 0 aromatic heterocycles. The number of anilines is 1. The molecule has 1 aliphatic heterocycles. The van der Waals surface area contributed by atoms with E-state index in [1.54, 1.807) is 12.1 Å². The average molecular weight is 220 g/mol. The average Bonchev–Trinajstić information content (AvgIpc) is 2.38. The molecule has 0 saturated heterocycles. The maximum atomic E-state index is 11.4. The highest BCUT2D eigenvalue weighted by Gasteiger charge is 2.21. The number of benzene rings is 1. The van der Waals surface area contributed by atoms with Gasteiger partial charge in [-0.1, -0.05) is 6.92 Å². The molecule has 1 heterocycles. The first-order valence-electron chi connectivity index (χ1n) is 5.16. The van der Waals surface area contributed by atoms with Crippen molar-refractivity contribution in [2.75, 3.05) is 5.32 Å². The quantitative estimate of drug-likeness (QED) is 0.583. The van der Waals surface area contributed by atoms with Crippen LogP contribution in [0.25, 0.3) is 0 Å². The van der Waals surface area contributed by atoms with E-state index in [2.05, 4.69) is 5.32 Å². The van der Waals surface area contributed by atoms with Crippen LogP contribution in [-0.4, -0.2) is 10.8 Å². The van der Waals surface area contributed by atoms with Crippen molar-refractivity contribution in [2.45, 2.75) is 25.7 Å². The van der Waals surface area contributed by atoms with E-state index in [0.29, 0.717) is 12.1 Å². The molecule has 0 saturated carbocycles. The van der Waals surface area contributed by atoms with Crippen LogP contribution in [0.3, 0.4) is 0 Å². The van der Waals surface area contributed by atoms with Gasteiger partial charge < -0.3 is 5.32 Å². The number of carbonyl (C=O) groups excluding carboxylic acids is 1. The highest BCUT2D eigenvalue weighted by molar-refractivity contribution is 5.92. The van der Waals surface area contributed by atoms with Crippen molar-refractivity contribution in [1.29, 1.82) is 0 Å². The van der Waals surface area contributed by atoms with Crippen LogP contribution >= 0.6 is 0 Å². The normalized spacial score (nSPS) is 19.6. The summed E-state index contributed by atoms with van der Waals surface area (Å²) in [5.74, 6) is 0.133. The highest BCUT2D eigenvalue weighted by Crippen LogP contribution is 2.33. The molecule has 1 aromatic carbocycles. The van der Waals surface area contributed by atoms with E-state index in [-0.39, 0.29) is 17.5 Å². The minimum Gasteiger partial charge on any atom is -0.326 e. The van der Waals surface area contributed by atoms with Crippen LogP contribution in [0.1, 0.15) is 31.2 Å². The number of nitro benzene ring substituents is 1. The fourth-order valence-corrected chi connectivity index (χ4v) is 1.90. The lowest BCUT2D eigenvalue weighted by Gasteiger charge is -2.10. The molecular formula is C11H12N2O3. The minimum absolute atomic E-state index is 0.0283. The fraction of sp³-hybridized carbons (Fsp3) is 0.364. The van der Waals surface area contributed by atoms with Crippen molar-refractivity contribution in [3.63, 3.8) is 0 Å². The Labute approximate surface area is 92.6 Å². The lowest BCUT2D eigenvalue weighted by molar-refractivity contribution is -0.384. The van der Waals surface area contributed by atoms with Crippen molar-refractivity contribution in [3.05, 3.63) is 33.9 Å². The first-order valence-corrected chi connectivity index (χ1v) is 5.16. The van der Waals surface area contributed by atoms with E-state index >= 15 is 0 Å². The smallest absolute Gasteiger partial charge is 0.269 e. The molecule has 1 amide bonds. The third-order valence-corrected chi connectivity index (χ3v) is 2.86. The topological polar surface area (TPSA) is 72.2 Å². The van der Waals surface area contributed by atoms with Gasteiger partial charge in [0.25, 0.3) is 5.69 Å². The van der Waals surface area contributed by atoms with Gasteiger partial charge in [-0.15, -0.1) is 0 Å². The van der Waals surface area contributed by atoms with Gasteiger partial charge in [0.1, 0.15) is 0 Å². The van der Waals surface area contributed by atoms with E-state index in [9.17, 15) is 14.9 Å². The molecule has 0 radical (unpaired) electrons. The van der Waals surface area contributed by atoms with E-state index in [1.165, 1.54) is 6.07 Å². The van der Waals surface area contributed by atoms with E-state index in [0.717, 1.165) is 12.0 Å². The number of carbonyl (C=O) groups is 1. The molecule has 16 heavy (non-hydrogen) atoms. The first kappa shape index (κ1) is 10.6. The number of hydrogen-bond acceptors (Lipinski definition) is 3. The fourth-order valence-electron chi connectivity index (χ4n) is 1.90. The second-order valence-electron chi connectivity index (χ2n) is 4.02. The summed E-state index contributed by atoms with van der Waals surface area (Å²) in [5.41, 5.74) is 1.61. The Hall–Kier alpha value is -1.91. The molecule has 1 atom stereocenters. The number of nitrogens with zero attached hydrogens (tertiary/aromatic N) is 1. The molecule has 2 rings (SSSR count). The third kappa shape index (κ3) is 1.88. The van der Waals surface area contributed by atoms with Crippen molar-refractivity contribution < 1.29 is 9.72 Å². The molecule has 0 aliphatic carbocycles. The number of amides is 1. The maximum Gasteiger partial charge on any atom is 0.269 e.